The number of rotatable bonds is 2. The van der Waals surface area contributed by atoms with Crippen molar-refractivity contribution < 1.29 is 38.3 Å². The maximum absolute atomic E-state index is 10.5. The first-order valence-electron chi connectivity index (χ1n) is 3.53. The van der Waals surface area contributed by atoms with E-state index in [4.69, 9.17) is 0 Å². The third kappa shape index (κ3) is 11.0. The Balaban J connectivity index is -0.000000151. The van der Waals surface area contributed by atoms with E-state index in [-0.39, 0.29) is 39.3 Å². The zero-order valence-corrected chi connectivity index (χ0v) is 9.13. The number of allylic oxidation sites excluding steroid dienone is 1. The van der Waals surface area contributed by atoms with Crippen molar-refractivity contribution in [1.82, 2.24) is 0 Å². The van der Waals surface area contributed by atoms with E-state index in [0.29, 0.717) is 0 Å². The van der Waals surface area contributed by atoms with Crippen molar-refractivity contribution in [3.63, 3.8) is 0 Å². The Morgan fingerprint density at radius 3 is 1.93 bits per heavy atom. The van der Waals surface area contributed by atoms with Crippen LogP contribution in [0.4, 0.5) is 0 Å². The number of benzene rings is 1. The maximum atomic E-state index is 10.5. The molecular formula is C10H10FeO4. The smallest absolute Gasteiger partial charge is 2.00 e. The first-order valence-corrected chi connectivity index (χ1v) is 3.53. The normalized spacial score (nSPS) is 7.53. The Morgan fingerprint density at radius 2 is 1.53 bits per heavy atom. The molecule has 4 nitrogen and oxygen atoms in total. The molecule has 82 valence electrons. The molecule has 0 heterocycles. The van der Waals surface area contributed by atoms with Crippen LogP contribution in [0, 0.1) is 0 Å². The van der Waals surface area contributed by atoms with Gasteiger partial charge in [0.25, 0.3) is 0 Å². The van der Waals surface area contributed by atoms with Crippen molar-refractivity contribution in [2.45, 2.75) is 6.92 Å². The van der Waals surface area contributed by atoms with Crippen LogP contribution in [0.1, 0.15) is 12.5 Å². The average Bonchev–Trinajstić information content (AvgIpc) is 2.03. The number of carbonyl (C=O) groups is 1. The molecule has 0 fully saturated rings. The Hall–Kier alpha value is -0.971. The fourth-order valence-corrected chi connectivity index (χ4v) is 0.778. The van der Waals surface area contributed by atoms with Gasteiger partial charge in [-0.2, -0.15) is 0 Å². The fourth-order valence-electron chi connectivity index (χ4n) is 0.778. The van der Waals surface area contributed by atoms with Crippen molar-refractivity contribution in [2.24, 2.45) is 0 Å². The van der Waals surface area contributed by atoms with Crippen molar-refractivity contribution >= 4 is 11.9 Å². The topological polar surface area (TPSA) is 103 Å². The SMILES string of the molecule is CC(=O)C=Cc1ccccc1.[Fe+6].[O-2].[O-2].[O-2]. The number of hydrogen-bond donors (Lipinski definition) is 0. The molecule has 1 aromatic rings. The van der Waals surface area contributed by atoms with E-state index >= 15 is 0 Å². The van der Waals surface area contributed by atoms with Crippen molar-refractivity contribution in [3.05, 3.63) is 42.0 Å². The number of hydrogen-bond acceptors (Lipinski definition) is 1. The van der Waals surface area contributed by atoms with Gasteiger partial charge in [0.05, 0.1) is 0 Å². The standard InChI is InChI=1S/C10H10O.Fe.3O/c1-9(11)7-8-10-5-3-2-4-6-10;;;;/h2-8H,1H3;;;;/q;+6;3*-2. The molecule has 0 aromatic heterocycles. The first-order chi connectivity index (χ1) is 5.29. The van der Waals surface area contributed by atoms with E-state index in [1.807, 2.05) is 36.4 Å². The molecule has 0 aliphatic heterocycles. The minimum Gasteiger partial charge on any atom is -2.00 e. The Kier molecular flexibility index (Phi) is 20.6. The van der Waals surface area contributed by atoms with E-state index in [0.717, 1.165) is 5.56 Å². The summed E-state index contributed by atoms with van der Waals surface area (Å²) in [6, 6.07) is 9.75. The summed E-state index contributed by atoms with van der Waals surface area (Å²) in [7, 11) is 0. The van der Waals surface area contributed by atoms with Gasteiger partial charge in [-0.3, -0.25) is 4.79 Å². The minimum absolute atomic E-state index is 0. The zero-order valence-electron chi connectivity index (χ0n) is 8.03. The molecule has 1 rings (SSSR count). The molecule has 0 amide bonds. The summed E-state index contributed by atoms with van der Waals surface area (Å²) < 4.78 is 0. The predicted octanol–water partition coefficient (Wildman–Crippen LogP) is 1.93. The molecule has 0 N–H and O–H groups in total. The van der Waals surface area contributed by atoms with Gasteiger partial charge >= 0.3 is 17.1 Å². The van der Waals surface area contributed by atoms with Gasteiger partial charge in [-0.15, -0.1) is 0 Å². The van der Waals surface area contributed by atoms with Crippen LogP contribution in [-0.4, -0.2) is 5.78 Å². The molecular weight excluding hydrogens is 240 g/mol. The van der Waals surface area contributed by atoms with E-state index in [1.165, 1.54) is 0 Å². The molecule has 15 heavy (non-hydrogen) atoms. The molecule has 0 atom stereocenters. The van der Waals surface area contributed by atoms with Gasteiger partial charge in [-0.25, -0.2) is 0 Å². The number of ketones is 1. The second-order valence-corrected chi connectivity index (χ2v) is 2.35. The maximum Gasteiger partial charge on any atom is 6.00 e. The van der Waals surface area contributed by atoms with Gasteiger partial charge in [-0.05, 0) is 18.6 Å². The van der Waals surface area contributed by atoms with E-state index in [1.54, 1.807) is 13.0 Å². The molecule has 0 saturated carbocycles. The minimum atomic E-state index is 0. The van der Waals surface area contributed by atoms with Gasteiger partial charge in [0.15, 0.2) is 5.78 Å². The Labute approximate surface area is 99.4 Å². The summed E-state index contributed by atoms with van der Waals surface area (Å²) >= 11 is 0. The van der Waals surface area contributed by atoms with Gasteiger partial charge in [-0.1, -0.05) is 36.4 Å². The fraction of sp³-hybridized carbons (Fsp3) is 0.100. The molecule has 0 bridgehead atoms. The van der Waals surface area contributed by atoms with Crippen molar-refractivity contribution in [2.75, 3.05) is 0 Å². The molecule has 0 aliphatic rings. The summed E-state index contributed by atoms with van der Waals surface area (Å²) in [5, 5.41) is 0. The summed E-state index contributed by atoms with van der Waals surface area (Å²) in [5.41, 5.74) is 1.06. The van der Waals surface area contributed by atoms with Gasteiger partial charge < -0.3 is 16.4 Å². The average molecular weight is 250 g/mol. The Bertz CT molecular complexity index is 272. The quantitative estimate of drug-likeness (QED) is 0.580. The molecule has 0 aliphatic carbocycles. The van der Waals surface area contributed by atoms with Crippen molar-refractivity contribution in [3.8, 4) is 0 Å². The summed E-state index contributed by atoms with van der Waals surface area (Å²) in [6.07, 6.45) is 3.37. The third-order valence-corrected chi connectivity index (χ3v) is 1.31. The van der Waals surface area contributed by atoms with Crippen LogP contribution in [0.2, 0.25) is 0 Å². The van der Waals surface area contributed by atoms with Crippen LogP contribution in [0.3, 0.4) is 0 Å². The number of carbonyl (C=O) groups excluding carboxylic acids is 1. The predicted molar refractivity (Wildman–Crippen MR) is 48.2 cm³/mol. The van der Waals surface area contributed by atoms with Crippen molar-refractivity contribution in [1.29, 1.82) is 0 Å². The van der Waals surface area contributed by atoms with Crippen LogP contribution in [-0.2, 0) is 38.3 Å². The van der Waals surface area contributed by atoms with Crippen LogP contribution >= 0.6 is 0 Å². The van der Waals surface area contributed by atoms with Crippen LogP contribution in [0.5, 0.6) is 0 Å². The van der Waals surface area contributed by atoms with Gasteiger partial charge in [0.2, 0.25) is 0 Å². The second-order valence-electron chi connectivity index (χ2n) is 2.35. The third-order valence-electron chi connectivity index (χ3n) is 1.31. The Morgan fingerprint density at radius 1 is 1.07 bits per heavy atom. The largest absolute Gasteiger partial charge is 6.00 e. The molecule has 1 aromatic carbocycles. The summed E-state index contributed by atoms with van der Waals surface area (Å²) in [6.45, 7) is 1.54. The monoisotopic (exact) mass is 250 g/mol. The summed E-state index contributed by atoms with van der Waals surface area (Å²) in [4.78, 5) is 10.5. The second kappa shape index (κ2) is 13.0. The molecule has 0 saturated heterocycles. The van der Waals surface area contributed by atoms with E-state index in [9.17, 15) is 4.79 Å². The van der Waals surface area contributed by atoms with E-state index in [2.05, 4.69) is 0 Å². The first kappa shape index (κ1) is 23.7. The van der Waals surface area contributed by atoms with Crippen LogP contribution in [0.15, 0.2) is 36.4 Å². The molecule has 0 spiro atoms. The molecule has 5 heteroatoms. The van der Waals surface area contributed by atoms with Crippen LogP contribution < -0.4 is 0 Å². The molecule has 0 radical (unpaired) electrons. The molecule has 0 unspecified atom stereocenters. The van der Waals surface area contributed by atoms with E-state index < -0.39 is 0 Å². The van der Waals surface area contributed by atoms with Crippen LogP contribution in [0.25, 0.3) is 6.08 Å². The van der Waals surface area contributed by atoms with Gasteiger partial charge in [0, 0.05) is 0 Å². The van der Waals surface area contributed by atoms with Gasteiger partial charge in [0.1, 0.15) is 0 Å². The summed E-state index contributed by atoms with van der Waals surface area (Å²) in [5.74, 6) is 0.0776. The zero-order chi connectivity index (χ0) is 8.10.